The Morgan fingerprint density at radius 1 is 0.894 bits per heavy atom. The summed E-state index contributed by atoms with van der Waals surface area (Å²) in [5.74, 6) is -0.632. The lowest BCUT2D eigenvalue weighted by Crippen LogP contribution is -2.58. The zero-order chi connectivity index (χ0) is 34.1. The second-order valence-electron chi connectivity index (χ2n) is 12.3. The molecule has 0 saturated carbocycles. The van der Waals surface area contributed by atoms with Crippen LogP contribution in [0.4, 0.5) is 4.79 Å². The lowest BCUT2D eigenvalue weighted by atomic mass is 10.0. The molecule has 0 bridgehead atoms. The average molecular weight is 652 g/mol. The van der Waals surface area contributed by atoms with E-state index in [1.165, 1.54) is 11.2 Å². The van der Waals surface area contributed by atoms with Gasteiger partial charge in [0.1, 0.15) is 42.6 Å². The zero-order valence-corrected chi connectivity index (χ0v) is 27.8. The third-order valence-corrected chi connectivity index (χ3v) is 8.10. The molecule has 2 heterocycles. The van der Waals surface area contributed by atoms with Crippen LogP contribution in [0.3, 0.4) is 0 Å². The number of benzene rings is 2. The summed E-state index contributed by atoms with van der Waals surface area (Å²) in [5.41, 5.74) is 1.66. The van der Waals surface area contributed by atoms with Gasteiger partial charge in [0.2, 0.25) is 11.8 Å². The first-order chi connectivity index (χ1) is 22.5. The van der Waals surface area contributed by atoms with Crippen LogP contribution < -0.4 is 20.1 Å². The summed E-state index contributed by atoms with van der Waals surface area (Å²) in [5, 5.41) is 6.58. The van der Waals surface area contributed by atoms with Gasteiger partial charge in [-0.25, -0.2) is 14.6 Å². The maximum absolute atomic E-state index is 13.7. The highest BCUT2D eigenvalue weighted by atomic mass is 16.7. The summed E-state index contributed by atoms with van der Waals surface area (Å²) in [6.45, 7) is 7.66. The molecule has 13 heteroatoms. The van der Waals surface area contributed by atoms with Crippen LogP contribution in [0.2, 0.25) is 0 Å². The van der Waals surface area contributed by atoms with Gasteiger partial charge in [-0.2, -0.15) is 5.06 Å². The SMILES string of the molecule is COc1cc(CC2N=CN(C(=O)C(NC(=O)[C@@H]3CCCN3C(=O)[C@@H](NC(=O)OCc3ccccc3)C(C)C)C(C)C)O2)cc(OC)c1. The molecule has 1 fully saturated rings. The van der Waals surface area contributed by atoms with Crippen molar-refractivity contribution in [1.82, 2.24) is 20.6 Å². The Bertz CT molecular complexity index is 1410. The minimum absolute atomic E-state index is 0.0625. The summed E-state index contributed by atoms with van der Waals surface area (Å²) in [6.07, 6.45) is 1.31. The van der Waals surface area contributed by atoms with E-state index in [0.717, 1.165) is 16.2 Å². The molecule has 2 aromatic carbocycles. The predicted molar refractivity (Wildman–Crippen MR) is 173 cm³/mol. The van der Waals surface area contributed by atoms with E-state index in [0.29, 0.717) is 37.3 Å². The Morgan fingerprint density at radius 3 is 2.15 bits per heavy atom. The van der Waals surface area contributed by atoms with Gasteiger partial charge in [-0.05, 0) is 47.9 Å². The van der Waals surface area contributed by atoms with Crippen molar-refractivity contribution in [2.45, 2.75) is 77.9 Å². The number of alkyl carbamates (subject to hydrolysis) is 1. The molecule has 2 aromatic rings. The minimum Gasteiger partial charge on any atom is -0.497 e. The number of carbonyl (C=O) groups is 4. The fraction of sp³-hybridized carbons (Fsp3) is 0.500. The van der Waals surface area contributed by atoms with Crippen molar-refractivity contribution in [3.8, 4) is 11.5 Å². The van der Waals surface area contributed by atoms with Gasteiger partial charge in [-0.1, -0.05) is 58.0 Å². The van der Waals surface area contributed by atoms with E-state index in [9.17, 15) is 19.2 Å². The molecule has 0 aliphatic carbocycles. The van der Waals surface area contributed by atoms with Gasteiger partial charge in [0.25, 0.3) is 5.91 Å². The number of rotatable bonds is 13. The summed E-state index contributed by atoms with van der Waals surface area (Å²) in [6, 6.07) is 12.0. The molecule has 254 valence electrons. The largest absolute Gasteiger partial charge is 0.497 e. The van der Waals surface area contributed by atoms with Crippen LogP contribution in [0.5, 0.6) is 11.5 Å². The maximum Gasteiger partial charge on any atom is 0.408 e. The van der Waals surface area contributed by atoms with E-state index in [1.54, 1.807) is 20.3 Å². The predicted octanol–water partition coefficient (Wildman–Crippen LogP) is 3.46. The number of amides is 4. The van der Waals surface area contributed by atoms with Crippen molar-refractivity contribution in [3.63, 3.8) is 0 Å². The monoisotopic (exact) mass is 651 g/mol. The van der Waals surface area contributed by atoms with Gasteiger partial charge < -0.3 is 29.7 Å². The number of hydrogen-bond acceptors (Lipinski definition) is 9. The van der Waals surface area contributed by atoms with Crippen molar-refractivity contribution in [2.24, 2.45) is 16.8 Å². The van der Waals surface area contributed by atoms with Gasteiger partial charge in [-0.15, -0.1) is 0 Å². The molecule has 2 N–H and O–H groups in total. The Morgan fingerprint density at radius 2 is 1.53 bits per heavy atom. The Hall–Kier alpha value is -4.65. The van der Waals surface area contributed by atoms with E-state index >= 15 is 0 Å². The zero-order valence-electron chi connectivity index (χ0n) is 27.8. The van der Waals surface area contributed by atoms with Gasteiger partial charge in [0, 0.05) is 19.0 Å². The molecule has 0 spiro atoms. The third kappa shape index (κ3) is 9.22. The van der Waals surface area contributed by atoms with Crippen LogP contribution in [0, 0.1) is 11.8 Å². The number of hydroxylamine groups is 2. The minimum atomic E-state index is -0.936. The lowest BCUT2D eigenvalue weighted by Gasteiger charge is -2.32. The van der Waals surface area contributed by atoms with Crippen LogP contribution >= 0.6 is 0 Å². The first kappa shape index (κ1) is 35.2. The molecule has 0 radical (unpaired) electrons. The molecular formula is C34H45N5O8. The molecule has 2 aliphatic rings. The number of hydrogen-bond donors (Lipinski definition) is 2. The van der Waals surface area contributed by atoms with Crippen LogP contribution in [0.15, 0.2) is 53.5 Å². The van der Waals surface area contributed by atoms with Gasteiger partial charge in [0.15, 0.2) is 6.23 Å². The standard InChI is InChI=1S/C34H45N5O8/c1-21(2)29(37-34(43)46-19-23-11-8-7-9-12-23)32(41)38-14-10-13-27(38)31(40)36-30(22(3)4)33(42)39-20-35-28(47-39)17-24-15-25(44-5)18-26(16-24)45-6/h7-9,11-12,15-16,18,20-22,27-30H,10,13-14,17,19H2,1-6H3,(H,36,40)(H,37,43)/t27-,28?,29-,30?/m0/s1. The number of nitrogens with zero attached hydrogens (tertiary/aromatic N) is 3. The van der Waals surface area contributed by atoms with Gasteiger partial charge >= 0.3 is 6.09 Å². The first-order valence-electron chi connectivity index (χ1n) is 15.8. The summed E-state index contributed by atoms with van der Waals surface area (Å²) in [4.78, 5) is 65.1. The van der Waals surface area contributed by atoms with Crippen molar-refractivity contribution in [1.29, 1.82) is 0 Å². The van der Waals surface area contributed by atoms with Gasteiger partial charge in [0.05, 0.1) is 14.2 Å². The number of methoxy groups -OCH3 is 2. The van der Waals surface area contributed by atoms with E-state index in [4.69, 9.17) is 19.0 Å². The fourth-order valence-corrected chi connectivity index (χ4v) is 5.49. The number of ether oxygens (including phenoxy) is 3. The van der Waals surface area contributed by atoms with Crippen molar-refractivity contribution in [2.75, 3.05) is 20.8 Å². The first-order valence-corrected chi connectivity index (χ1v) is 15.8. The highest BCUT2D eigenvalue weighted by molar-refractivity contribution is 5.96. The van der Waals surface area contributed by atoms with E-state index in [-0.39, 0.29) is 24.3 Å². The molecule has 4 rings (SSSR count). The molecule has 2 aliphatic heterocycles. The summed E-state index contributed by atoms with van der Waals surface area (Å²) >= 11 is 0. The molecule has 2 unspecified atom stereocenters. The van der Waals surface area contributed by atoms with Crippen LogP contribution in [-0.4, -0.2) is 85.2 Å². The molecular weight excluding hydrogens is 606 g/mol. The number of nitrogens with one attached hydrogen (secondary N) is 2. The number of likely N-dealkylation sites (tertiary alicyclic amines) is 1. The van der Waals surface area contributed by atoms with E-state index < -0.39 is 42.3 Å². The molecule has 13 nitrogen and oxygen atoms in total. The van der Waals surface area contributed by atoms with Crippen molar-refractivity contribution in [3.05, 3.63) is 59.7 Å². The summed E-state index contributed by atoms with van der Waals surface area (Å²) < 4.78 is 16.0. The lowest BCUT2D eigenvalue weighted by molar-refractivity contribution is -0.171. The number of aliphatic imine (C=N–C) groups is 1. The number of carbonyl (C=O) groups excluding carboxylic acids is 4. The Kier molecular flexibility index (Phi) is 12.2. The fourth-order valence-electron chi connectivity index (χ4n) is 5.49. The van der Waals surface area contributed by atoms with Crippen LogP contribution in [0.25, 0.3) is 0 Å². The van der Waals surface area contributed by atoms with E-state index in [1.807, 2.05) is 70.2 Å². The maximum atomic E-state index is 13.7. The second kappa shape index (κ2) is 16.3. The molecule has 0 aromatic heterocycles. The van der Waals surface area contributed by atoms with Crippen molar-refractivity contribution < 1.29 is 38.2 Å². The Labute approximate surface area is 275 Å². The van der Waals surface area contributed by atoms with E-state index in [2.05, 4.69) is 15.6 Å². The Balaban J connectivity index is 1.36. The van der Waals surface area contributed by atoms with Gasteiger partial charge in [-0.3, -0.25) is 14.4 Å². The molecule has 47 heavy (non-hydrogen) atoms. The third-order valence-electron chi connectivity index (χ3n) is 8.10. The normalized spacial score (nSPS) is 18.6. The molecule has 4 atom stereocenters. The van der Waals surface area contributed by atoms with Crippen LogP contribution in [-0.2, 0) is 37.0 Å². The second-order valence-corrected chi connectivity index (χ2v) is 12.3. The molecule has 1 saturated heterocycles. The average Bonchev–Trinajstić information content (AvgIpc) is 3.75. The summed E-state index contributed by atoms with van der Waals surface area (Å²) in [7, 11) is 3.13. The molecule has 4 amide bonds. The highest BCUT2D eigenvalue weighted by Crippen LogP contribution is 2.26. The smallest absolute Gasteiger partial charge is 0.408 e. The highest BCUT2D eigenvalue weighted by Gasteiger charge is 2.41. The quantitative estimate of drug-likeness (QED) is 0.335. The topological polar surface area (TPSA) is 148 Å². The van der Waals surface area contributed by atoms with Crippen molar-refractivity contribution >= 4 is 30.2 Å². The van der Waals surface area contributed by atoms with Crippen LogP contribution in [0.1, 0.15) is 51.7 Å².